The summed E-state index contributed by atoms with van der Waals surface area (Å²) in [6.07, 6.45) is 1.65. The van der Waals surface area contributed by atoms with Gasteiger partial charge in [0, 0.05) is 22.0 Å². The fourth-order valence-corrected chi connectivity index (χ4v) is 2.10. The molecule has 0 unspecified atom stereocenters. The fourth-order valence-electron chi connectivity index (χ4n) is 1.83. The highest BCUT2D eigenvalue weighted by molar-refractivity contribution is 9.10. The first kappa shape index (κ1) is 14.5. The minimum atomic E-state index is -0.280. The van der Waals surface area contributed by atoms with Crippen LogP contribution < -0.4 is 10.6 Å². The van der Waals surface area contributed by atoms with Gasteiger partial charge in [0.2, 0.25) is 5.95 Å². The zero-order valence-electron chi connectivity index (χ0n) is 11.4. The lowest BCUT2D eigenvalue weighted by molar-refractivity contribution is 0.628. The van der Waals surface area contributed by atoms with Gasteiger partial charge in [-0.2, -0.15) is 4.98 Å². The van der Waals surface area contributed by atoms with Crippen molar-refractivity contribution in [3.63, 3.8) is 0 Å². The van der Waals surface area contributed by atoms with E-state index in [1.165, 1.54) is 12.1 Å². The summed E-state index contributed by atoms with van der Waals surface area (Å²) in [6.45, 7) is 0. The molecule has 0 aliphatic rings. The third-order valence-corrected chi connectivity index (χ3v) is 3.40. The molecule has 6 heteroatoms. The van der Waals surface area contributed by atoms with Crippen LogP contribution in [0.5, 0.6) is 0 Å². The Hall–Kier alpha value is -2.47. The van der Waals surface area contributed by atoms with E-state index in [2.05, 4.69) is 36.5 Å². The van der Waals surface area contributed by atoms with E-state index in [0.717, 1.165) is 15.8 Å². The first-order chi connectivity index (χ1) is 10.7. The minimum absolute atomic E-state index is 0.280. The zero-order valence-corrected chi connectivity index (χ0v) is 13.0. The van der Waals surface area contributed by atoms with Crippen LogP contribution in [0.3, 0.4) is 0 Å². The molecular formula is C16H12BrFN4. The number of rotatable bonds is 4. The number of hydrogen-bond acceptors (Lipinski definition) is 4. The summed E-state index contributed by atoms with van der Waals surface area (Å²) >= 11 is 3.39. The van der Waals surface area contributed by atoms with Crippen molar-refractivity contribution < 1.29 is 4.39 Å². The average Bonchev–Trinajstić information content (AvgIpc) is 2.52. The van der Waals surface area contributed by atoms with Crippen LogP contribution >= 0.6 is 15.9 Å². The van der Waals surface area contributed by atoms with E-state index in [1.54, 1.807) is 24.4 Å². The molecule has 0 aliphatic carbocycles. The number of aromatic nitrogens is 2. The van der Waals surface area contributed by atoms with E-state index in [-0.39, 0.29) is 5.82 Å². The van der Waals surface area contributed by atoms with Crippen molar-refractivity contribution in [1.82, 2.24) is 9.97 Å². The summed E-state index contributed by atoms with van der Waals surface area (Å²) in [5.41, 5.74) is 1.65. The molecular weight excluding hydrogens is 347 g/mol. The highest BCUT2D eigenvalue weighted by atomic mass is 79.9. The van der Waals surface area contributed by atoms with Crippen molar-refractivity contribution in [2.75, 3.05) is 10.6 Å². The normalized spacial score (nSPS) is 10.3. The Balaban J connectivity index is 1.74. The van der Waals surface area contributed by atoms with E-state index in [1.807, 2.05) is 24.3 Å². The molecule has 0 spiro atoms. The average molecular weight is 359 g/mol. The van der Waals surface area contributed by atoms with Gasteiger partial charge in [0.15, 0.2) is 0 Å². The van der Waals surface area contributed by atoms with Crippen LogP contribution in [0.4, 0.5) is 27.5 Å². The Morgan fingerprint density at radius 3 is 2.18 bits per heavy atom. The molecule has 3 aromatic rings. The van der Waals surface area contributed by atoms with Gasteiger partial charge < -0.3 is 10.6 Å². The second kappa shape index (κ2) is 6.53. The summed E-state index contributed by atoms with van der Waals surface area (Å²) < 4.78 is 13.9. The van der Waals surface area contributed by atoms with Crippen LogP contribution in [-0.2, 0) is 0 Å². The molecule has 110 valence electrons. The number of halogens is 2. The van der Waals surface area contributed by atoms with Gasteiger partial charge in [-0.1, -0.05) is 15.9 Å². The topological polar surface area (TPSA) is 49.8 Å². The quantitative estimate of drug-likeness (QED) is 0.698. The van der Waals surface area contributed by atoms with Crippen molar-refractivity contribution in [3.8, 4) is 0 Å². The Kier molecular flexibility index (Phi) is 4.29. The van der Waals surface area contributed by atoms with Crippen molar-refractivity contribution in [2.24, 2.45) is 0 Å². The highest BCUT2D eigenvalue weighted by Gasteiger charge is 2.01. The lowest BCUT2D eigenvalue weighted by Crippen LogP contribution is -2.00. The largest absolute Gasteiger partial charge is 0.340 e. The Morgan fingerprint density at radius 1 is 0.818 bits per heavy atom. The van der Waals surface area contributed by atoms with E-state index in [0.29, 0.717) is 11.8 Å². The van der Waals surface area contributed by atoms with E-state index < -0.39 is 0 Å². The summed E-state index contributed by atoms with van der Waals surface area (Å²) in [7, 11) is 0. The lowest BCUT2D eigenvalue weighted by Gasteiger charge is -2.08. The summed E-state index contributed by atoms with van der Waals surface area (Å²) in [4.78, 5) is 8.52. The van der Waals surface area contributed by atoms with Crippen molar-refractivity contribution in [3.05, 3.63) is 71.1 Å². The predicted molar refractivity (Wildman–Crippen MR) is 89.1 cm³/mol. The molecule has 0 atom stereocenters. The van der Waals surface area contributed by atoms with Crippen LogP contribution in [0.25, 0.3) is 0 Å². The molecule has 4 nitrogen and oxygen atoms in total. The highest BCUT2D eigenvalue weighted by Crippen LogP contribution is 2.19. The molecule has 0 saturated carbocycles. The van der Waals surface area contributed by atoms with Crippen LogP contribution in [0.15, 0.2) is 65.3 Å². The molecule has 2 aromatic carbocycles. The van der Waals surface area contributed by atoms with Crippen molar-refractivity contribution in [1.29, 1.82) is 0 Å². The van der Waals surface area contributed by atoms with Crippen LogP contribution in [0.2, 0.25) is 0 Å². The molecule has 1 aromatic heterocycles. The Morgan fingerprint density at radius 2 is 1.45 bits per heavy atom. The van der Waals surface area contributed by atoms with Gasteiger partial charge in [0.25, 0.3) is 0 Å². The molecule has 3 rings (SSSR count). The SMILES string of the molecule is Fc1ccc(Nc2nccc(Nc3ccc(Br)cc3)n2)cc1. The van der Waals surface area contributed by atoms with Gasteiger partial charge >= 0.3 is 0 Å². The van der Waals surface area contributed by atoms with Gasteiger partial charge in [0.1, 0.15) is 11.6 Å². The van der Waals surface area contributed by atoms with Crippen molar-refractivity contribution >= 4 is 39.1 Å². The van der Waals surface area contributed by atoms with E-state index in [4.69, 9.17) is 0 Å². The molecule has 2 N–H and O–H groups in total. The molecule has 1 heterocycles. The third kappa shape index (κ3) is 3.79. The Labute approximate surface area is 135 Å². The number of hydrogen-bond donors (Lipinski definition) is 2. The molecule has 0 aliphatic heterocycles. The van der Waals surface area contributed by atoms with Crippen LogP contribution in [0.1, 0.15) is 0 Å². The van der Waals surface area contributed by atoms with E-state index in [9.17, 15) is 4.39 Å². The molecule has 22 heavy (non-hydrogen) atoms. The summed E-state index contributed by atoms with van der Waals surface area (Å²) in [5.74, 6) is 0.827. The molecule has 0 fully saturated rings. The molecule has 0 bridgehead atoms. The van der Waals surface area contributed by atoms with Gasteiger partial charge in [-0.3, -0.25) is 0 Å². The predicted octanol–water partition coefficient (Wildman–Crippen LogP) is 4.87. The summed E-state index contributed by atoms with van der Waals surface area (Å²) in [6, 6.07) is 15.6. The molecule has 0 amide bonds. The maximum atomic E-state index is 12.9. The number of nitrogens with one attached hydrogen (secondary N) is 2. The monoisotopic (exact) mass is 358 g/mol. The van der Waals surface area contributed by atoms with Gasteiger partial charge in [-0.15, -0.1) is 0 Å². The van der Waals surface area contributed by atoms with Gasteiger partial charge in [-0.25, -0.2) is 9.37 Å². The maximum absolute atomic E-state index is 12.9. The zero-order chi connectivity index (χ0) is 15.4. The number of nitrogens with zero attached hydrogens (tertiary/aromatic N) is 2. The minimum Gasteiger partial charge on any atom is -0.340 e. The van der Waals surface area contributed by atoms with Gasteiger partial charge in [-0.05, 0) is 54.6 Å². The lowest BCUT2D eigenvalue weighted by atomic mass is 10.3. The molecule has 0 radical (unpaired) electrons. The standard InChI is InChI=1S/C16H12BrFN4/c17-11-1-5-13(6-2-11)20-15-9-10-19-16(22-15)21-14-7-3-12(18)4-8-14/h1-10H,(H2,19,20,21,22). The van der Waals surface area contributed by atoms with Gasteiger partial charge in [0.05, 0.1) is 0 Å². The smallest absolute Gasteiger partial charge is 0.229 e. The molecule has 0 saturated heterocycles. The fraction of sp³-hybridized carbons (Fsp3) is 0. The third-order valence-electron chi connectivity index (χ3n) is 2.87. The first-order valence-electron chi connectivity index (χ1n) is 6.57. The first-order valence-corrected chi connectivity index (χ1v) is 7.36. The van der Waals surface area contributed by atoms with E-state index >= 15 is 0 Å². The van der Waals surface area contributed by atoms with Crippen molar-refractivity contribution in [2.45, 2.75) is 0 Å². The summed E-state index contributed by atoms with van der Waals surface area (Å²) in [5, 5.41) is 6.22. The number of anilines is 4. The van der Waals surface area contributed by atoms with Crippen LogP contribution in [0, 0.1) is 5.82 Å². The van der Waals surface area contributed by atoms with Crippen LogP contribution in [-0.4, -0.2) is 9.97 Å². The second-order valence-corrected chi connectivity index (χ2v) is 5.44. The number of benzene rings is 2. The Bertz CT molecular complexity index is 697. The second-order valence-electron chi connectivity index (χ2n) is 4.53. The maximum Gasteiger partial charge on any atom is 0.229 e.